The second kappa shape index (κ2) is 9.31. The van der Waals surface area contributed by atoms with Crippen LogP contribution in [0.5, 0.6) is 0 Å². The van der Waals surface area contributed by atoms with Crippen LogP contribution in [-0.2, 0) is 14.3 Å². The summed E-state index contributed by atoms with van der Waals surface area (Å²) >= 11 is 0. The molecule has 4 aliphatic rings. The molecule has 0 aromatic heterocycles. The number of hydrogen-bond donors (Lipinski definition) is 1. The molecule has 7 atom stereocenters. The number of fused-ring (bicyclic) bond motifs is 4. The van der Waals surface area contributed by atoms with Gasteiger partial charge in [-0.15, -0.1) is 0 Å². The Balaban J connectivity index is 1.67. The molecule has 0 radical (unpaired) electrons. The molecule has 0 amide bonds. The van der Waals surface area contributed by atoms with E-state index < -0.39 is 5.97 Å². The largest absolute Gasteiger partial charge is 0.481 e. The highest BCUT2D eigenvalue weighted by molar-refractivity contribution is 5.70. The summed E-state index contributed by atoms with van der Waals surface area (Å²) in [5, 5.41) is 10.3. The molecule has 4 rings (SSSR count). The van der Waals surface area contributed by atoms with E-state index >= 15 is 0 Å². The van der Waals surface area contributed by atoms with Gasteiger partial charge < -0.3 is 9.84 Å². The fourth-order valence-electron chi connectivity index (χ4n) is 9.81. The van der Waals surface area contributed by atoms with Crippen molar-refractivity contribution in [3.63, 3.8) is 0 Å². The van der Waals surface area contributed by atoms with Crippen LogP contribution in [0.3, 0.4) is 0 Å². The number of carbonyl (C=O) groups excluding carboxylic acids is 1. The van der Waals surface area contributed by atoms with Crippen LogP contribution < -0.4 is 0 Å². The van der Waals surface area contributed by atoms with Gasteiger partial charge in [-0.1, -0.05) is 57.4 Å². The van der Waals surface area contributed by atoms with Gasteiger partial charge in [0, 0.05) is 12.3 Å². The maximum absolute atomic E-state index is 12.5. The van der Waals surface area contributed by atoms with Crippen LogP contribution in [0, 0.1) is 39.4 Å². The summed E-state index contributed by atoms with van der Waals surface area (Å²) in [5.74, 6) is -0.291. The first-order valence-electron chi connectivity index (χ1n) is 14.4. The fourth-order valence-corrected chi connectivity index (χ4v) is 9.81. The van der Waals surface area contributed by atoms with E-state index in [1.807, 2.05) is 0 Å². The Bertz CT molecular complexity index is 969. The Morgan fingerprint density at radius 1 is 0.972 bits per heavy atom. The van der Waals surface area contributed by atoms with Crippen LogP contribution in [-0.4, -0.2) is 23.1 Å². The third-order valence-corrected chi connectivity index (χ3v) is 11.9. The van der Waals surface area contributed by atoms with E-state index in [1.54, 1.807) is 11.1 Å². The molecule has 2 saturated carbocycles. The standard InChI is InChI=1S/C32H50O4/c1-20(2)10-9-11-22(28(34)35)23-14-18-32(8)25-12-13-26-29(4,5)27(36-21(3)33)16-17-30(26,6)24(25)15-19-31(23,32)7/h10,22-23,26-27H,9,11-19H2,1-8H3,(H,34,35)/t22-,23-,26?,27+,30?,31-,32+/m0/s1. The molecular formula is C32H50O4. The minimum Gasteiger partial charge on any atom is -0.481 e. The predicted molar refractivity (Wildman–Crippen MR) is 144 cm³/mol. The van der Waals surface area contributed by atoms with Gasteiger partial charge in [-0.25, -0.2) is 0 Å². The van der Waals surface area contributed by atoms with Crippen molar-refractivity contribution >= 4 is 11.9 Å². The number of esters is 1. The van der Waals surface area contributed by atoms with Crippen molar-refractivity contribution in [3.05, 3.63) is 22.8 Å². The van der Waals surface area contributed by atoms with Gasteiger partial charge in [-0.2, -0.15) is 0 Å². The second-order valence-electron chi connectivity index (χ2n) is 14.1. The summed E-state index contributed by atoms with van der Waals surface area (Å²) in [7, 11) is 0. The highest BCUT2D eigenvalue weighted by Crippen LogP contribution is 2.72. The zero-order valence-corrected chi connectivity index (χ0v) is 24.1. The molecule has 0 aromatic carbocycles. The van der Waals surface area contributed by atoms with Gasteiger partial charge in [0.1, 0.15) is 6.10 Å². The Morgan fingerprint density at radius 3 is 2.28 bits per heavy atom. The van der Waals surface area contributed by atoms with E-state index in [4.69, 9.17) is 4.74 Å². The average molecular weight is 499 g/mol. The average Bonchev–Trinajstić information content (AvgIpc) is 3.04. The number of carboxylic acids is 1. The summed E-state index contributed by atoms with van der Waals surface area (Å²) < 4.78 is 5.84. The molecule has 0 spiro atoms. The molecule has 0 bridgehead atoms. The number of aliphatic carboxylic acids is 1. The smallest absolute Gasteiger partial charge is 0.306 e. The minimum atomic E-state index is -0.603. The number of rotatable bonds is 6. The van der Waals surface area contributed by atoms with Crippen LogP contribution >= 0.6 is 0 Å². The van der Waals surface area contributed by atoms with Crippen LogP contribution in [0.25, 0.3) is 0 Å². The fraction of sp³-hybridized carbons (Fsp3) is 0.812. The molecule has 0 heterocycles. The molecular weight excluding hydrogens is 448 g/mol. The van der Waals surface area contributed by atoms with Crippen LogP contribution in [0.1, 0.15) is 120 Å². The molecule has 1 N–H and O–H groups in total. The number of carboxylic acid groups (broad SMARTS) is 1. The molecule has 4 aliphatic carbocycles. The number of allylic oxidation sites excluding steroid dienone is 4. The lowest BCUT2D eigenvalue weighted by atomic mass is 9.43. The van der Waals surface area contributed by atoms with Gasteiger partial charge in [0.15, 0.2) is 0 Å². The molecule has 2 unspecified atom stereocenters. The first-order valence-corrected chi connectivity index (χ1v) is 14.4. The molecule has 202 valence electrons. The van der Waals surface area contributed by atoms with Crippen LogP contribution in [0.2, 0.25) is 0 Å². The number of ether oxygens (including phenoxy) is 1. The Morgan fingerprint density at radius 2 is 1.67 bits per heavy atom. The Hall–Kier alpha value is -1.58. The number of hydrogen-bond acceptors (Lipinski definition) is 3. The van der Waals surface area contributed by atoms with Crippen molar-refractivity contribution in [2.75, 3.05) is 0 Å². The maximum Gasteiger partial charge on any atom is 0.306 e. The molecule has 0 aliphatic heterocycles. The van der Waals surface area contributed by atoms with E-state index in [1.165, 1.54) is 12.5 Å². The second-order valence-corrected chi connectivity index (χ2v) is 14.1. The van der Waals surface area contributed by atoms with E-state index in [-0.39, 0.29) is 45.6 Å². The first-order chi connectivity index (χ1) is 16.7. The maximum atomic E-state index is 12.5. The Kier molecular flexibility index (Phi) is 7.10. The zero-order valence-electron chi connectivity index (χ0n) is 24.1. The first kappa shape index (κ1) is 27.5. The minimum absolute atomic E-state index is 0.00680. The SMILES string of the molecule is CC(=O)O[C@@H]1CCC2(C)C3=C(CCC2C1(C)C)[C@@]1(C)CC[C@@H]([C@H](CCC=C(C)C)C(=O)O)[C@]1(C)CC3. The van der Waals surface area contributed by atoms with E-state index in [2.05, 4.69) is 54.5 Å². The monoisotopic (exact) mass is 498 g/mol. The third kappa shape index (κ3) is 4.09. The van der Waals surface area contributed by atoms with Crippen molar-refractivity contribution in [1.29, 1.82) is 0 Å². The van der Waals surface area contributed by atoms with Crippen molar-refractivity contribution in [2.45, 2.75) is 126 Å². The highest BCUT2D eigenvalue weighted by atomic mass is 16.5. The molecule has 36 heavy (non-hydrogen) atoms. The third-order valence-electron chi connectivity index (χ3n) is 11.9. The van der Waals surface area contributed by atoms with Gasteiger partial charge in [0.25, 0.3) is 0 Å². The Labute approximate surface area is 219 Å². The zero-order chi connectivity index (χ0) is 26.7. The lowest BCUT2D eigenvalue weighted by molar-refractivity contribution is -0.167. The van der Waals surface area contributed by atoms with Gasteiger partial charge in [0.05, 0.1) is 5.92 Å². The summed E-state index contributed by atoms with van der Waals surface area (Å²) in [6.45, 7) is 17.8. The van der Waals surface area contributed by atoms with Crippen molar-refractivity contribution in [3.8, 4) is 0 Å². The normalized spacial score (nSPS) is 39.9. The molecule has 4 heteroatoms. The summed E-state index contributed by atoms with van der Waals surface area (Å²) in [5.41, 5.74) is 4.85. The molecule has 0 saturated heterocycles. The van der Waals surface area contributed by atoms with Crippen molar-refractivity contribution < 1.29 is 19.4 Å². The van der Waals surface area contributed by atoms with Gasteiger partial charge >= 0.3 is 11.9 Å². The number of carbonyl (C=O) groups is 2. The van der Waals surface area contributed by atoms with Crippen molar-refractivity contribution in [2.24, 2.45) is 39.4 Å². The molecule has 4 nitrogen and oxygen atoms in total. The lowest BCUT2D eigenvalue weighted by Gasteiger charge is -2.62. The van der Waals surface area contributed by atoms with E-state index in [9.17, 15) is 14.7 Å². The van der Waals surface area contributed by atoms with Gasteiger partial charge in [-0.05, 0) is 106 Å². The van der Waals surface area contributed by atoms with E-state index in [0.717, 1.165) is 64.2 Å². The van der Waals surface area contributed by atoms with E-state index in [0.29, 0.717) is 5.92 Å². The lowest BCUT2D eigenvalue weighted by Crippen LogP contribution is -2.56. The van der Waals surface area contributed by atoms with Crippen LogP contribution in [0.15, 0.2) is 22.8 Å². The molecule has 2 fully saturated rings. The van der Waals surface area contributed by atoms with Gasteiger partial charge in [-0.3, -0.25) is 9.59 Å². The predicted octanol–water partition coefficient (Wildman–Crippen LogP) is 8.11. The van der Waals surface area contributed by atoms with Crippen LogP contribution in [0.4, 0.5) is 0 Å². The summed E-state index contributed by atoms with van der Waals surface area (Å²) in [6, 6.07) is 0. The van der Waals surface area contributed by atoms with Crippen molar-refractivity contribution in [1.82, 2.24) is 0 Å². The molecule has 0 aromatic rings. The summed E-state index contributed by atoms with van der Waals surface area (Å²) in [6.07, 6.45) is 12.4. The quantitative estimate of drug-likeness (QED) is 0.297. The summed E-state index contributed by atoms with van der Waals surface area (Å²) in [4.78, 5) is 24.3. The topological polar surface area (TPSA) is 63.6 Å². The van der Waals surface area contributed by atoms with Gasteiger partial charge in [0.2, 0.25) is 0 Å². The highest BCUT2D eigenvalue weighted by Gasteiger charge is 2.64.